The van der Waals surface area contributed by atoms with Crippen LogP contribution in [0.2, 0.25) is 0 Å². The monoisotopic (exact) mass is 280 g/mol. The van der Waals surface area contributed by atoms with E-state index >= 15 is 0 Å². The van der Waals surface area contributed by atoms with E-state index < -0.39 is 11.2 Å². The number of pyridine rings is 1. The summed E-state index contributed by atoms with van der Waals surface area (Å²) in [6, 6.07) is 2.95. The first kappa shape index (κ1) is 13.5. The predicted octanol–water partition coefficient (Wildman–Crippen LogP) is 1.02. The number of carboxylic acid groups (broad SMARTS) is 1. The van der Waals surface area contributed by atoms with Crippen molar-refractivity contribution in [1.82, 2.24) is 9.88 Å². The van der Waals surface area contributed by atoms with Crippen molar-refractivity contribution in [2.75, 3.05) is 6.54 Å². The minimum atomic E-state index is -1.10. The molecule has 7 heteroatoms. The summed E-state index contributed by atoms with van der Waals surface area (Å²) in [4.78, 5) is 39.7. The van der Waals surface area contributed by atoms with Crippen LogP contribution in [0.15, 0.2) is 23.4 Å². The Morgan fingerprint density at radius 3 is 2.89 bits per heavy atom. The van der Waals surface area contributed by atoms with E-state index in [-0.39, 0.29) is 28.8 Å². The molecule has 2 heterocycles. The number of likely N-dealkylation sites (tertiary alicyclic amines) is 1. The van der Waals surface area contributed by atoms with Crippen LogP contribution >= 0.6 is 11.8 Å². The molecule has 0 unspecified atom stereocenters. The number of aromatic nitrogens is 1. The maximum absolute atomic E-state index is 11.9. The van der Waals surface area contributed by atoms with Crippen molar-refractivity contribution in [2.24, 2.45) is 0 Å². The van der Waals surface area contributed by atoms with Crippen molar-refractivity contribution in [2.45, 2.75) is 23.6 Å². The standard InChI is InChI=1S/C12H12N2O4S/c1-2-14-9(15)6-8(11(14)16)19-10-7(12(17)18)4-3-5-13-10/h3-5,8H,2,6H2,1H3,(H,17,18)/t8-/m0/s1. The highest BCUT2D eigenvalue weighted by Gasteiger charge is 2.38. The molecule has 0 radical (unpaired) electrons. The Kier molecular flexibility index (Phi) is 3.84. The molecule has 0 aromatic carbocycles. The second kappa shape index (κ2) is 5.40. The summed E-state index contributed by atoms with van der Waals surface area (Å²) in [6.45, 7) is 2.06. The third-order valence-corrected chi connectivity index (χ3v) is 3.98. The quantitative estimate of drug-likeness (QED) is 0.828. The topological polar surface area (TPSA) is 87.6 Å². The number of amides is 2. The molecule has 2 amide bonds. The first-order chi connectivity index (χ1) is 9.04. The molecular formula is C12H12N2O4S. The first-order valence-corrected chi connectivity index (χ1v) is 6.61. The number of nitrogens with zero attached hydrogens (tertiary/aromatic N) is 2. The van der Waals surface area contributed by atoms with Gasteiger partial charge in [-0.05, 0) is 19.1 Å². The first-order valence-electron chi connectivity index (χ1n) is 5.73. The van der Waals surface area contributed by atoms with E-state index in [2.05, 4.69) is 4.98 Å². The van der Waals surface area contributed by atoms with Gasteiger partial charge in [-0.25, -0.2) is 9.78 Å². The fourth-order valence-electron chi connectivity index (χ4n) is 1.86. The van der Waals surface area contributed by atoms with E-state index in [9.17, 15) is 14.4 Å². The van der Waals surface area contributed by atoms with E-state index in [0.717, 1.165) is 11.8 Å². The second-order valence-corrected chi connectivity index (χ2v) is 5.14. The van der Waals surface area contributed by atoms with Crippen molar-refractivity contribution < 1.29 is 19.5 Å². The molecule has 0 saturated carbocycles. The molecule has 6 nitrogen and oxygen atoms in total. The molecular weight excluding hydrogens is 268 g/mol. The van der Waals surface area contributed by atoms with Crippen LogP contribution < -0.4 is 0 Å². The SMILES string of the molecule is CCN1C(=O)C[C@H](Sc2ncccc2C(=O)O)C1=O. The second-order valence-electron chi connectivity index (χ2n) is 3.95. The third kappa shape index (κ3) is 2.60. The predicted molar refractivity (Wildman–Crippen MR) is 67.9 cm³/mol. The summed E-state index contributed by atoms with van der Waals surface area (Å²) < 4.78 is 0. The van der Waals surface area contributed by atoms with Gasteiger partial charge in [0.2, 0.25) is 11.8 Å². The Labute approximate surface area is 113 Å². The van der Waals surface area contributed by atoms with Crippen molar-refractivity contribution in [1.29, 1.82) is 0 Å². The van der Waals surface area contributed by atoms with Crippen LogP contribution in [0.1, 0.15) is 23.7 Å². The minimum absolute atomic E-state index is 0.0442. The van der Waals surface area contributed by atoms with E-state index in [4.69, 9.17) is 5.11 Å². The van der Waals surface area contributed by atoms with Gasteiger partial charge in [-0.3, -0.25) is 14.5 Å². The van der Waals surface area contributed by atoms with Crippen LogP contribution in [0.4, 0.5) is 0 Å². The molecule has 0 bridgehead atoms. The van der Waals surface area contributed by atoms with Crippen molar-refractivity contribution >= 4 is 29.5 Å². The molecule has 19 heavy (non-hydrogen) atoms. The van der Waals surface area contributed by atoms with Gasteiger partial charge in [0.25, 0.3) is 0 Å². The number of carboxylic acids is 1. The van der Waals surface area contributed by atoms with Gasteiger partial charge >= 0.3 is 5.97 Å². The summed E-state index contributed by atoms with van der Waals surface area (Å²) in [5, 5.41) is 8.72. The lowest BCUT2D eigenvalue weighted by molar-refractivity contribution is -0.137. The fourth-order valence-corrected chi connectivity index (χ4v) is 2.99. The van der Waals surface area contributed by atoms with Crippen molar-refractivity contribution in [3.05, 3.63) is 23.9 Å². The Balaban J connectivity index is 2.21. The van der Waals surface area contributed by atoms with Crippen LogP contribution in [0.25, 0.3) is 0 Å². The summed E-state index contributed by atoms with van der Waals surface area (Å²) in [7, 11) is 0. The van der Waals surface area contributed by atoms with Gasteiger partial charge in [0.05, 0.1) is 10.8 Å². The zero-order valence-corrected chi connectivity index (χ0v) is 11.0. The molecule has 1 aromatic rings. The minimum Gasteiger partial charge on any atom is -0.478 e. The van der Waals surface area contributed by atoms with Gasteiger partial charge in [0, 0.05) is 19.2 Å². The molecule has 1 aliphatic heterocycles. The number of rotatable bonds is 4. The largest absolute Gasteiger partial charge is 0.478 e. The van der Waals surface area contributed by atoms with E-state index in [0.29, 0.717) is 6.54 Å². The number of imide groups is 1. The highest BCUT2D eigenvalue weighted by molar-refractivity contribution is 8.00. The van der Waals surface area contributed by atoms with Gasteiger partial charge in [-0.15, -0.1) is 0 Å². The number of thioether (sulfide) groups is 1. The van der Waals surface area contributed by atoms with Gasteiger partial charge in [-0.2, -0.15) is 0 Å². The molecule has 100 valence electrons. The number of carbonyl (C=O) groups is 3. The highest BCUT2D eigenvalue weighted by atomic mass is 32.2. The summed E-state index contributed by atoms with van der Waals surface area (Å²) in [5.74, 6) is -1.60. The van der Waals surface area contributed by atoms with Crippen molar-refractivity contribution in [3.63, 3.8) is 0 Å². The zero-order chi connectivity index (χ0) is 14.0. The molecule has 1 saturated heterocycles. The molecule has 1 N–H and O–H groups in total. The average molecular weight is 280 g/mol. The number of carbonyl (C=O) groups excluding carboxylic acids is 2. The molecule has 1 atom stereocenters. The lowest BCUT2D eigenvalue weighted by Gasteiger charge is -2.11. The number of aromatic carboxylic acids is 1. The lowest BCUT2D eigenvalue weighted by atomic mass is 10.3. The zero-order valence-electron chi connectivity index (χ0n) is 10.2. The van der Waals surface area contributed by atoms with Gasteiger partial charge in [0.15, 0.2) is 0 Å². The highest BCUT2D eigenvalue weighted by Crippen LogP contribution is 2.31. The normalized spacial score (nSPS) is 19.0. The summed E-state index contributed by atoms with van der Waals surface area (Å²) in [5.41, 5.74) is 0.0442. The molecule has 1 aromatic heterocycles. The maximum atomic E-state index is 11.9. The molecule has 0 spiro atoms. The number of hydrogen-bond acceptors (Lipinski definition) is 5. The fraction of sp³-hybridized carbons (Fsp3) is 0.333. The Morgan fingerprint density at radius 1 is 1.58 bits per heavy atom. The van der Waals surface area contributed by atoms with E-state index in [1.165, 1.54) is 23.2 Å². The van der Waals surface area contributed by atoms with Crippen LogP contribution in [-0.4, -0.2) is 44.6 Å². The lowest BCUT2D eigenvalue weighted by Crippen LogP contribution is -2.30. The van der Waals surface area contributed by atoms with Gasteiger partial charge < -0.3 is 5.11 Å². The molecule has 1 aliphatic rings. The van der Waals surface area contributed by atoms with E-state index in [1.807, 2.05) is 0 Å². The van der Waals surface area contributed by atoms with Crippen LogP contribution in [0.3, 0.4) is 0 Å². The maximum Gasteiger partial charge on any atom is 0.338 e. The van der Waals surface area contributed by atoms with Crippen LogP contribution in [-0.2, 0) is 9.59 Å². The Bertz CT molecular complexity index is 546. The van der Waals surface area contributed by atoms with E-state index in [1.54, 1.807) is 6.92 Å². The molecule has 1 fully saturated rings. The molecule has 2 rings (SSSR count). The Hall–Kier alpha value is -1.89. The summed E-state index contributed by atoms with van der Waals surface area (Å²) in [6.07, 6.45) is 1.56. The smallest absolute Gasteiger partial charge is 0.338 e. The summed E-state index contributed by atoms with van der Waals surface area (Å²) >= 11 is 1.03. The van der Waals surface area contributed by atoms with Crippen molar-refractivity contribution in [3.8, 4) is 0 Å². The third-order valence-electron chi connectivity index (χ3n) is 2.77. The average Bonchev–Trinajstić information content (AvgIpc) is 2.64. The van der Waals surface area contributed by atoms with Gasteiger partial charge in [0.1, 0.15) is 5.03 Å². The number of hydrogen-bond donors (Lipinski definition) is 1. The van der Waals surface area contributed by atoms with Crippen LogP contribution in [0, 0.1) is 0 Å². The Morgan fingerprint density at radius 2 is 2.32 bits per heavy atom. The molecule has 0 aliphatic carbocycles. The van der Waals surface area contributed by atoms with Gasteiger partial charge in [-0.1, -0.05) is 11.8 Å². The van der Waals surface area contributed by atoms with Crippen LogP contribution in [0.5, 0.6) is 0 Å².